The number of aromatic nitrogens is 6. The molecule has 1 unspecified atom stereocenters. The van der Waals surface area contributed by atoms with E-state index in [1.807, 2.05) is 11.0 Å². The molecule has 54 heavy (non-hydrogen) atoms. The van der Waals surface area contributed by atoms with Gasteiger partial charge in [-0.15, -0.1) is 20.4 Å². The number of unbranched alkanes of at least 4 members (excludes halogenated alkanes) is 2. The van der Waals surface area contributed by atoms with Gasteiger partial charge in [0.15, 0.2) is 0 Å². The van der Waals surface area contributed by atoms with Crippen LogP contribution in [0.1, 0.15) is 44.9 Å². The van der Waals surface area contributed by atoms with Crippen LogP contribution < -0.4 is 10.6 Å². The Kier molecular flexibility index (Phi) is 16.7. The molecular formula is C35H47N11O8. The first kappa shape index (κ1) is 41.2. The van der Waals surface area contributed by atoms with Crippen molar-refractivity contribution in [2.24, 2.45) is 5.92 Å². The normalized spacial score (nSPS) is 16.4. The summed E-state index contributed by atoms with van der Waals surface area (Å²) < 4.78 is 0. The van der Waals surface area contributed by atoms with Crippen LogP contribution in [0.4, 0.5) is 5.69 Å². The molecule has 0 aliphatic carbocycles. The number of nitrogens with zero attached hydrogens (tertiary/aromatic N) is 9. The molecule has 0 bridgehead atoms. The van der Waals surface area contributed by atoms with E-state index in [0.29, 0.717) is 101 Å². The van der Waals surface area contributed by atoms with Gasteiger partial charge in [0, 0.05) is 51.8 Å². The molecule has 4 rings (SSSR count). The Balaban J connectivity index is 1.17. The van der Waals surface area contributed by atoms with E-state index in [1.54, 1.807) is 40.3 Å². The minimum absolute atomic E-state index is 0.0662. The van der Waals surface area contributed by atoms with E-state index < -0.39 is 17.9 Å². The molecule has 0 saturated carbocycles. The SMILES string of the molecule is O=C(O)CC1CCN(CC(=O)O)CCN(CC(=O)O)CCN(CC(=O)NCCCCCC(=O)Nc2ccc(-c3nnc(-c4ccccn4)nn3)nc2)CC1. The van der Waals surface area contributed by atoms with Crippen LogP contribution in [-0.4, -0.2) is 156 Å². The van der Waals surface area contributed by atoms with Crippen molar-refractivity contribution in [3.63, 3.8) is 0 Å². The average molecular weight is 750 g/mol. The number of anilines is 1. The van der Waals surface area contributed by atoms with E-state index in [-0.39, 0.29) is 56.0 Å². The van der Waals surface area contributed by atoms with Gasteiger partial charge in [0.2, 0.25) is 23.5 Å². The lowest BCUT2D eigenvalue weighted by Crippen LogP contribution is -2.46. The molecule has 3 aromatic heterocycles. The number of carboxylic acids is 3. The number of hydrogen-bond donors (Lipinski definition) is 5. The van der Waals surface area contributed by atoms with Crippen molar-refractivity contribution in [2.45, 2.75) is 44.9 Å². The number of hydrogen-bond acceptors (Lipinski definition) is 14. The fourth-order valence-corrected chi connectivity index (χ4v) is 5.91. The van der Waals surface area contributed by atoms with Crippen LogP contribution in [0.5, 0.6) is 0 Å². The van der Waals surface area contributed by atoms with Crippen LogP contribution in [0, 0.1) is 5.92 Å². The van der Waals surface area contributed by atoms with Crippen LogP contribution in [0.25, 0.3) is 23.0 Å². The largest absolute Gasteiger partial charge is 0.481 e. The summed E-state index contributed by atoms with van der Waals surface area (Å²) in [4.78, 5) is 73.6. The summed E-state index contributed by atoms with van der Waals surface area (Å²) in [7, 11) is 0. The molecule has 2 amide bonds. The molecule has 0 aromatic carbocycles. The van der Waals surface area contributed by atoms with Gasteiger partial charge < -0.3 is 26.0 Å². The fourth-order valence-electron chi connectivity index (χ4n) is 5.91. The maximum atomic E-state index is 12.9. The van der Waals surface area contributed by atoms with Gasteiger partial charge in [-0.3, -0.25) is 48.6 Å². The van der Waals surface area contributed by atoms with Crippen molar-refractivity contribution in [1.29, 1.82) is 0 Å². The summed E-state index contributed by atoms with van der Waals surface area (Å²) in [5.74, 6) is -3.01. The predicted molar refractivity (Wildman–Crippen MR) is 194 cm³/mol. The third-order valence-corrected chi connectivity index (χ3v) is 8.77. The van der Waals surface area contributed by atoms with Gasteiger partial charge >= 0.3 is 17.9 Å². The van der Waals surface area contributed by atoms with Crippen LogP contribution in [0.15, 0.2) is 42.7 Å². The Morgan fingerprint density at radius 3 is 1.78 bits per heavy atom. The van der Waals surface area contributed by atoms with Crippen molar-refractivity contribution in [2.75, 3.05) is 70.8 Å². The van der Waals surface area contributed by atoms with Crippen molar-refractivity contribution in [3.8, 4) is 23.0 Å². The number of carbonyl (C=O) groups excluding carboxylic acids is 2. The van der Waals surface area contributed by atoms with E-state index in [2.05, 4.69) is 41.0 Å². The molecule has 5 N–H and O–H groups in total. The molecule has 19 heteroatoms. The molecule has 3 aromatic rings. The average Bonchev–Trinajstić information content (AvgIpc) is 3.14. The van der Waals surface area contributed by atoms with Crippen molar-refractivity contribution >= 4 is 35.4 Å². The van der Waals surface area contributed by atoms with Crippen LogP contribution in [-0.2, 0) is 24.0 Å². The highest BCUT2D eigenvalue weighted by Gasteiger charge is 2.22. The summed E-state index contributed by atoms with van der Waals surface area (Å²) >= 11 is 0. The molecule has 1 fully saturated rings. The van der Waals surface area contributed by atoms with E-state index in [1.165, 1.54) is 6.20 Å². The lowest BCUT2D eigenvalue weighted by Gasteiger charge is -2.31. The predicted octanol–water partition coefficient (Wildman–Crippen LogP) is 0.966. The number of carbonyl (C=O) groups is 5. The minimum Gasteiger partial charge on any atom is -0.481 e. The lowest BCUT2D eigenvalue weighted by atomic mass is 9.96. The number of nitrogens with one attached hydrogen (secondary N) is 2. The van der Waals surface area contributed by atoms with Gasteiger partial charge in [-0.2, -0.15) is 0 Å². The maximum absolute atomic E-state index is 12.9. The summed E-state index contributed by atoms with van der Waals surface area (Å²) in [5, 5.41) is 50.2. The first-order chi connectivity index (χ1) is 26.0. The van der Waals surface area contributed by atoms with E-state index in [4.69, 9.17) is 0 Å². The molecule has 290 valence electrons. The summed E-state index contributed by atoms with van der Waals surface area (Å²) in [6, 6.07) is 8.70. The zero-order chi connectivity index (χ0) is 38.7. The number of aliphatic carboxylic acids is 3. The highest BCUT2D eigenvalue weighted by Crippen LogP contribution is 2.18. The molecule has 0 spiro atoms. The second-order valence-electron chi connectivity index (χ2n) is 13.1. The van der Waals surface area contributed by atoms with Crippen LogP contribution in [0.3, 0.4) is 0 Å². The number of rotatable bonds is 17. The molecule has 1 aliphatic heterocycles. The molecule has 1 aliphatic rings. The molecule has 1 saturated heterocycles. The van der Waals surface area contributed by atoms with Gasteiger partial charge in [-0.25, -0.2) is 0 Å². The third-order valence-electron chi connectivity index (χ3n) is 8.77. The molecule has 19 nitrogen and oxygen atoms in total. The van der Waals surface area contributed by atoms with Gasteiger partial charge in [-0.05, 0) is 69.0 Å². The van der Waals surface area contributed by atoms with Crippen LogP contribution in [0.2, 0.25) is 0 Å². The second-order valence-corrected chi connectivity index (χ2v) is 13.1. The Morgan fingerprint density at radius 2 is 1.24 bits per heavy atom. The van der Waals surface area contributed by atoms with Gasteiger partial charge in [0.05, 0.1) is 31.5 Å². The number of amides is 2. The van der Waals surface area contributed by atoms with E-state index >= 15 is 0 Å². The van der Waals surface area contributed by atoms with Crippen molar-refractivity contribution in [1.82, 2.24) is 50.4 Å². The Bertz CT molecular complexity index is 1630. The molecule has 4 heterocycles. The number of carboxylic acid groups (broad SMARTS) is 3. The Labute approximate surface area is 312 Å². The van der Waals surface area contributed by atoms with Crippen molar-refractivity contribution in [3.05, 3.63) is 42.7 Å². The highest BCUT2D eigenvalue weighted by atomic mass is 16.4. The smallest absolute Gasteiger partial charge is 0.317 e. The summed E-state index contributed by atoms with van der Waals surface area (Å²) in [6.45, 7) is 2.21. The maximum Gasteiger partial charge on any atom is 0.317 e. The van der Waals surface area contributed by atoms with E-state index in [9.17, 15) is 39.3 Å². The zero-order valence-electron chi connectivity index (χ0n) is 30.0. The molecule has 1 atom stereocenters. The zero-order valence-corrected chi connectivity index (χ0v) is 30.0. The van der Waals surface area contributed by atoms with E-state index in [0.717, 1.165) is 0 Å². The Hall–Kier alpha value is -5.53. The molecule has 0 radical (unpaired) electrons. The monoisotopic (exact) mass is 749 g/mol. The minimum atomic E-state index is -1.01. The summed E-state index contributed by atoms with van der Waals surface area (Å²) in [5.41, 5.74) is 1.51. The van der Waals surface area contributed by atoms with Crippen molar-refractivity contribution < 1.29 is 39.3 Å². The first-order valence-electron chi connectivity index (χ1n) is 17.9. The topological polar surface area (TPSA) is 257 Å². The highest BCUT2D eigenvalue weighted by molar-refractivity contribution is 5.90. The fraction of sp³-hybridized carbons (Fsp3) is 0.514. The number of pyridine rings is 2. The van der Waals surface area contributed by atoms with Gasteiger partial charge in [0.1, 0.15) is 11.4 Å². The standard InChI is InChI=1S/C35H47N11O8/c47-29(39-26-8-9-28(38-21-26)35-42-40-34(41-43-35)27-6-3-5-12-36-27)7-2-1-4-13-37-30(48)22-44-14-10-25(20-31(49)50)11-15-45(23-32(51)52)17-19-46(18-16-44)24-33(53)54/h3,5-6,8-9,12,21,25H,1-2,4,7,10-11,13-20,22-24H2,(H,37,48)(H,39,47)(H,49,50)(H,51,52)(H,53,54). The molecular weight excluding hydrogens is 702 g/mol. The third kappa shape index (κ3) is 15.2. The van der Waals surface area contributed by atoms with Crippen LogP contribution >= 0.6 is 0 Å². The lowest BCUT2D eigenvalue weighted by molar-refractivity contribution is -0.140. The van der Waals surface area contributed by atoms with Gasteiger partial charge in [0.25, 0.3) is 0 Å². The first-order valence-corrected chi connectivity index (χ1v) is 17.9. The Morgan fingerprint density at radius 1 is 0.648 bits per heavy atom. The quantitative estimate of drug-likeness (QED) is 0.120. The van der Waals surface area contributed by atoms with Gasteiger partial charge in [-0.1, -0.05) is 12.5 Å². The summed E-state index contributed by atoms with van der Waals surface area (Å²) in [6.07, 6.45) is 6.29. The second kappa shape index (κ2) is 21.9.